The molecule has 3 aromatic rings. The Hall–Kier alpha value is -2.46. The maximum Gasteiger partial charge on any atom is 0.281 e. The first-order valence-electron chi connectivity index (χ1n) is 8.56. The smallest absolute Gasteiger partial charge is 0.281 e. The van der Waals surface area contributed by atoms with E-state index in [4.69, 9.17) is 0 Å². The molecule has 2 aliphatic heterocycles. The van der Waals surface area contributed by atoms with E-state index >= 15 is 0 Å². The van der Waals surface area contributed by atoms with E-state index in [0.717, 1.165) is 48.2 Å². The van der Waals surface area contributed by atoms with Crippen LogP contribution in [-0.4, -0.2) is 22.6 Å². The first-order valence-corrected chi connectivity index (χ1v) is 8.56. The van der Waals surface area contributed by atoms with E-state index in [1.165, 1.54) is 11.3 Å². The van der Waals surface area contributed by atoms with Gasteiger partial charge in [-0.25, -0.2) is 0 Å². The van der Waals surface area contributed by atoms with Crippen molar-refractivity contribution in [2.24, 2.45) is 0 Å². The van der Waals surface area contributed by atoms with E-state index in [0.29, 0.717) is 0 Å². The number of benzene rings is 2. The second-order valence-corrected chi connectivity index (χ2v) is 6.89. The minimum atomic E-state index is -0.140. The molecule has 24 heavy (non-hydrogen) atoms. The molecule has 4 nitrogen and oxygen atoms in total. The van der Waals surface area contributed by atoms with Gasteiger partial charge in [0.1, 0.15) is 5.82 Å². The first kappa shape index (κ1) is 13.9. The third-order valence-corrected chi connectivity index (χ3v) is 5.67. The van der Waals surface area contributed by atoms with Crippen LogP contribution in [0.3, 0.4) is 0 Å². The van der Waals surface area contributed by atoms with Crippen molar-refractivity contribution < 1.29 is 0 Å². The molecule has 1 saturated heterocycles. The van der Waals surface area contributed by atoms with E-state index in [1.807, 2.05) is 25.1 Å². The SMILES string of the molecule is Cc1cccc2c1c(=O)nc1n2-c2ccccc2C12CCNCC2. The Morgan fingerprint density at radius 3 is 2.71 bits per heavy atom. The van der Waals surface area contributed by atoms with Crippen molar-refractivity contribution >= 4 is 10.9 Å². The molecule has 2 aromatic carbocycles. The molecule has 1 N–H and O–H groups in total. The van der Waals surface area contributed by atoms with E-state index in [9.17, 15) is 4.79 Å². The second kappa shape index (κ2) is 4.77. The van der Waals surface area contributed by atoms with Gasteiger partial charge in [0, 0.05) is 0 Å². The van der Waals surface area contributed by atoms with Crippen LogP contribution in [0, 0.1) is 6.92 Å². The zero-order valence-electron chi connectivity index (χ0n) is 13.7. The largest absolute Gasteiger partial charge is 0.317 e. The van der Waals surface area contributed by atoms with Gasteiger partial charge in [0.05, 0.1) is 22.0 Å². The van der Waals surface area contributed by atoms with Crippen molar-refractivity contribution in [3.63, 3.8) is 0 Å². The number of fused-ring (bicyclic) bond motifs is 7. The van der Waals surface area contributed by atoms with Gasteiger partial charge in [0.15, 0.2) is 0 Å². The van der Waals surface area contributed by atoms with Gasteiger partial charge in [-0.2, -0.15) is 4.98 Å². The number of nitrogens with zero attached hydrogens (tertiary/aromatic N) is 2. The Balaban J connectivity index is 1.97. The van der Waals surface area contributed by atoms with Gasteiger partial charge in [-0.3, -0.25) is 9.36 Å². The third-order valence-electron chi connectivity index (χ3n) is 5.67. The van der Waals surface area contributed by atoms with Crippen molar-refractivity contribution in [1.82, 2.24) is 14.9 Å². The van der Waals surface area contributed by atoms with Crippen LogP contribution >= 0.6 is 0 Å². The zero-order valence-corrected chi connectivity index (χ0v) is 13.7. The van der Waals surface area contributed by atoms with E-state index in [1.54, 1.807) is 0 Å². The minimum Gasteiger partial charge on any atom is -0.317 e. The summed E-state index contributed by atoms with van der Waals surface area (Å²) in [6.45, 7) is 3.89. The van der Waals surface area contributed by atoms with Crippen LogP contribution in [0.15, 0.2) is 47.3 Å². The highest BCUT2D eigenvalue weighted by atomic mass is 16.1. The van der Waals surface area contributed by atoms with Crippen LogP contribution in [0.2, 0.25) is 0 Å². The maximum absolute atomic E-state index is 12.8. The highest BCUT2D eigenvalue weighted by Crippen LogP contribution is 2.48. The van der Waals surface area contributed by atoms with Crippen LogP contribution in [0.25, 0.3) is 16.6 Å². The molecular weight excluding hydrogens is 298 g/mol. The number of piperidine rings is 1. The molecule has 0 radical (unpaired) electrons. The molecule has 1 aromatic heterocycles. The summed E-state index contributed by atoms with van der Waals surface area (Å²) in [6, 6.07) is 14.6. The van der Waals surface area contributed by atoms with Gasteiger partial charge in [-0.15, -0.1) is 0 Å². The van der Waals surface area contributed by atoms with Crippen LogP contribution in [0.4, 0.5) is 0 Å². The highest BCUT2D eigenvalue weighted by Gasteiger charge is 2.46. The Labute approximate surface area is 140 Å². The van der Waals surface area contributed by atoms with Crippen molar-refractivity contribution in [2.75, 3.05) is 13.1 Å². The van der Waals surface area contributed by atoms with Gasteiger partial charge in [0.25, 0.3) is 5.56 Å². The summed E-state index contributed by atoms with van der Waals surface area (Å²) >= 11 is 0. The molecule has 0 saturated carbocycles. The Morgan fingerprint density at radius 1 is 1.08 bits per heavy atom. The zero-order chi connectivity index (χ0) is 16.3. The number of nitrogens with one attached hydrogen (secondary N) is 1. The van der Waals surface area contributed by atoms with Crippen LogP contribution in [0.5, 0.6) is 0 Å². The molecule has 5 rings (SSSR count). The van der Waals surface area contributed by atoms with Gasteiger partial charge in [0.2, 0.25) is 0 Å². The quantitative estimate of drug-likeness (QED) is 0.693. The molecular formula is C20H19N3O. The van der Waals surface area contributed by atoms with E-state index in [2.05, 4.69) is 39.1 Å². The monoisotopic (exact) mass is 317 g/mol. The number of aromatic nitrogens is 2. The lowest BCUT2D eigenvalue weighted by atomic mass is 9.74. The molecule has 120 valence electrons. The predicted octanol–water partition coefficient (Wildman–Crippen LogP) is 2.68. The fraction of sp³-hybridized carbons (Fsp3) is 0.300. The lowest BCUT2D eigenvalue weighted by Crippen LogP contribution is -2.41. The second-order valence-electron chi connectivity index (χ2n) is 6.89. The molecule has 1 fully saturated rings. The van der Waals surface area contributed by atoms with Gasteiger partial charge in [-0.1, -0.05) is 30.3 Å². The summed E-state index contributed by atoms with van der Waals surface area (Å²) in [6.07, 6.45) is 1.96. The summed E-state index contributed by atoms with van der Waals surface area (Å²) < 4.78 is 2.23. The Morgan fingerprint density at radius 2 is 1.88 bits per heavy atom. The van der Waals surface area contributed by atoms with Gasteiger partial charge >= 0.3 is 0 Å². The topological polar surface area (TPSA) is 46.9 Å². The standard InChI is InChI=1S/C20H19N3O/c1-13-5-4-8-16-17(13)18(24)22-19-20(9-11-21-12-10-20)14-6-2-3-7-15(14)23(16)19/h2-8,21H,9-12H2,1H3. The molecule has 1 spiro atoms. The summed E-state index contributed by atoms with van der Waals surface area (Å²) in [5, 5.41) is 4.18. The number of rotatable bonds is 0. The van der Waals surface area contributed by atoms with E-state index in [-0.39, 0.29) is 11.0 Å². The summed E-state index contributed by atoms with van der Waals surface area (Å²) in [5.74, 6) is 0.924. The molecule has 0 amide bonds. The lowest BCUT2D eigenvalue weighted by molar-refractivity contribution is 0.354. The van der Waals surface area contributed by atoms with Crippen LogP contribution in [-0.2, 0) is 5.41 Å². The molecule has 2 aliphatic rings. The fourth-order valence-corrected chi connectivity index (χ4v) is 4.54. The van der Waals surface area contributed by atoms with Crippen molar-refractivity contribution in [2.45, 2.75) is 25.2 Å². The molecule has 0 aliphatic carbocycles. The molecule has 4 heteroatoms. The molecule has 0 bridgehead atoms. The molecule has 0 unspecified atom stereocenters. The van der Waals surface area contributed by atoms with Gasteiger partial charge < -0.3 is 5.32 Å². The number of hydrogen-bond acceptors (Lipinski definition) is 3. The average molecular weight is 317 g/mol. The summed E-state index contributed by atoms with van der Waals surface area (Å²) in [7, 11) is 0. The van der Waals surface area contributed by atoms with Crippen molar-refractivity contribution in [3.8, 4) is 5.69 Å². The average Bonchev–Trinajstić information content (AvgIpc) is 2.86. The predicted molar refractivity (Wildman–Crippen MR) is 95.0 cm³/mol. The number of aryl methyl sites for hydroxylation is 1. The number of hydrogen-bond donors (Lipinski definition) is 1. The van der Waals surface area contributed by atoms with Gasteiger partial charge in [-0.05, 0) is 56.1 Å². The Kier molecular flexibility index (Phi) is 2.77. The normalized spacial score (nSPS) is 17.9. The van der Waals surface area contributed by atoms with Crippen molar-refractivity contribution in [1.29, 1.82) is 0 Å². The third kappa shape index (κ3) is 1.61. The maximum atomic E-state index is 12.8. The number of para-hydroxylation sites is 1. The summed E-state index contributed by atoms with van der Waals surface area (Å²) in [5.41, 5.74) is 4.22. The van der Waals surface area contributed by atoms with Crippen molar-refractivity contribution in [3.05, 3.63) is 69.8 Å². The Bertz CT molecular complexity index is 1030. The highest BCUT2D eigenvalue weighted by molar-refractivity contribution is 5.84. The van der Waals surface area contributed by atoms with Crippen LogP contribution < -0.4 is 10.9 Å². The molecule has 3 heterocycles. The first-order chi connectivity index (χ1) is 11.7. The van der Waals surface area contributed by atoms with E-state index < -0.39 is 0 Å². The summed E-state index contributed by atoms with van der Waals surface area (Å²) in [4.78, 5) is 17.4. The van der Waals surface area contributed by atoms with Crippen LogP contribution in [0.1, 0.15) is 29.8 Å². The lowest BCUT2D eigenvalue weighted by Gasteiger charge is -2.34. The molecule has 0 atom stereocenters. The minimum absolute atomic E-state index is 0.0972. The fourth-order valence-electron chi connectivity index (χ4n) is 4.54.